The van der Waals surface area contributed by atoms with Gasteiger partial charge in [0.15, 0.2) is 4.88 Å². The third kappa shape index (κ3) is 6.04. The zero-order chi connectivity index (χ0) is 23.1. The van der Waals surface area contributed by atoms with Gasteiger partial charge in [0.25, 0.3) is 5.69 Å². The predicted octanol–water partition coefficient (Wildman–Crippen LogP) is 6.78. The van der Waals surface area contributed by atoms with Crippen molar-refractivity contribution in [1.29, 1.82) is 0 Å². The number of carboxylic acid groups (broad SMARTS) is 1. The third-order valence-electron chi connectivity index (χ3n) is 6.16. The molecule has 2 N–H and O–H groups in total. The number of hydrogen-bond donors (Lipinski definition) is 2. The molecule has 7 heteroatoms. The highest BCUT2D eigenvalue weighted by Crippen LogP contribution is 2.38. The van der Waals surface area contributed by atoms with Gasteiger partial charge in [0.2, 0.25) is 0 Å². The van der Waals surface area contributed by atoms with E-state index in [1.165, 1.54) is 17.2 Å². The van der Waals surface area contributed by atoms with Crippen LogP contribution in [0.5, 0.6) is 0 Å². The molecule has 1 heterocycles. The van der Waals surface area contributed by atoms with Crippen LogP contribution < -0.4 is 0 Å². The fourth-order valence-corrected chi connectivity index (χ4v) is 5.44. The molecule has 3 rings (SSSR count). The quantitative estimate of drug-likeness (QED) is 0.208. The van der Waals surface area contributed by atoms with Crippen LogP contribution in [0, 0.1) is 16.0 Å². The summed E-state index contributed by atoms with van der Waals surface area (Å²) < 4.78 is 0. The Hall–Kier alpha value is -2.51. The summed E-state index contributed by atoms with van der Waals surface area (Å²) in [6.07, 6.45) is 10.6. The van der Waals surface area contributed by atoms with E-state index in [4.69, 9.17) is 0 Å². The Bertz CT molecular complexity index is 932. The second-order valence-electron chi connectivity index (χ2n) is 8.45. The number of benzene rings is 1. The smallest absolute Gasteiger partial charge is 0.353 e. The molecular weight excluding hydrogens is 426 g/mol. The fraction of sp³-hybridized carbons (Fsp3) is 0.480. The third-order valence-corrected chi connectivity index (χ3v) is 7.33. The molecule has 1 unspecified atom stereocenters. The van der Waals surface area contributed by atoms with Crippen LogP contribution in [0.15, 0.2) is 36.4 Å². The second-order valence-corrected chi connectivity index (χ2v) is 9.59. The number of unbranched alkanes of at least 4 members (excludes halogenated alkanes) is 2. The average Bonchev–Trinajstić information content (AvgIpc) is 3.41. The Morgan fingerprint density at radius 1 is 1.25 bits per heavy atom. The van der Waals surface area contributed by atoms with E-state index in [-0.39, 0.29) is 10.6 Å². The van der Waals surface area contributed by atoms with Gasteiger partial charge in [0.1, 0.15) is 0 Å². The molecule has 6 nitrogen and oxygen atoms in total. The van der Waals surface area contributed by atoms with E-state index in [0.717, 1.165) is 73.1 Å². The Morgan fingerprint density at radius 3 is 2.62 bits per heavy atom. The lowest BCUT2D eigenvalue weighted by Crippen LogP contribution is -2.01. The number of hydrogen-bond acceptors (Lipinski definition) is 5. The zero-order valence-corrected chi connectivity index (χ0v) is 19.3. The van der Waals surface area contributed by atoms with E-state index in [9.17, 15) is 25.1 Å². The standard InChI is InChI=1S/C25H31NO5S/c1-2-3-4-11-23(27)19-14-12-18(13-15-19)21-10-6-8-17(21)7-5-9-20-16-22(26(30)31)24(32-20)25(28)29/h10,12-17,23,27H,2-9,11H2,1H3,(H,28,29)/t17-,23?/m0/s1. The van der Waals surface area contributed by atoms with E-state index in [2.05, 4.69) is 25.1 Å². The molecule has 0 amide bonds. The van der Waals surface area contributed by atoms with Crippen molar-refractivity contribution in [2.45, 2.75) is 70.8 Å². The van der Waals surface area contributed by atoms with Crippen molar-refractivity contribution in [3.05, 3.63) is 67.4 Å². The minimum Gasteiger partial charge on any atom is -0.477 e. The molecule has 1 aromatic heterocycles. The van der Waals surface area contributed by atoms with E-state index < -0.39 is 17.0 Å². The van der Waals surface area contributed by atoms with Crippen LogP contribution in [0.25, 0.3) is 5.57 Å². The minimum atomic E-state index is -1.24. The van der Waals surface area contributed by atoms with Gasteiger partial charge < -0.3 is 10.2 Å². The highest BCUT2D eigenvalue weighted by Gasteiger charge is 2.25. The van der Waals surface area contributed by atoms with Gasteiger partial charge in [-0.05, 0) is 61.1 Å². The van der Waals surface area contributed by atoms with Gasteiger partial charge in [-0.1, -0.05) is 56.5 Å². The molecule has 32 heavy (non-hydrogen) atoms. The van der Waals surface area contributed by atoms with Gasteiger partial charge in [-0.2, -0.15) is 0 Å². The van der Waals surface area contributed by atoms with Crippen molar-refractivity contribution in [1.82, 2.24) is 0 Å². The molecule has 1 aromatic carbocycles. The number of rotatable bonds is 12. The van der Waals surface area contributed by atoms with Gasteiger partial charge in [0.05, 0.1) is 11.0 Å². The Labute approximate surface area is 192 Å². The molecule has 0 radical (unpaired) electrons. The number of carbonyl (C=O) groups is 1. The number of aryl methyl sites for hydroxylation is 1. The Balaban J connectivity index is 1.56. The summed E-state index contributed by atoms with van der Waals surface area (Å²) in [5.41, 5.74) is 3.18. The minimum absolute atomic E-state index is 0.191. The highest BCUT2D eigenvalue weighted by molar-refractivity contribution is 7.14. The Morgan fingerprint density at radius 2 is 2.00 bits per heavy atom. The Kier molecular flexibility index (Phi) is 8.59. The van der Waals surface area contributed by atoms with Gasteiger partial charge in [0, 0.05) is 10.9 Å². The number of nitro groups is 1. The molecule has 1 aliphatic carbocycles. The van der Waals surface area contributed by atoms with Crippen molar-refractivity contribution >= 4 is 28.6 Å². The van der Waals surface area contributed by atoms with Crippen molar-refractivity contribution in [2.75, 3.05) is 0 Å². The van der Waals surface area contributed by atoms with Crippen molar-refractivity contribution in [3.8, 4) is 0 Å². The van der Waals surface area contributed by atoms with Crippen LogP contribution in [-0.4, -0.2) is 21.1 Å². The summed E-state index contributed by atoms with van der Waals surface area (Å²) in [4.78, 5) is 22.3. The zero-order valence-electron chi connectivity index (χ0n) is 18.5. The fourth-order valence-electron chi connectivity index (χ4n) is 4.43. The molecular formula is C25H31NO5S. The predicted molar refractivity (Wildman–Crippen MR) is 127 cm³/mol. The number of carboxylic acids is 1. The van der Waals surface area contributed by atoms with Gasteiger partial charge in [-0.25, -0.2) is 4.79 Å². The second kappa shape index (κ2) is 11.4. The van der Waals surface area contributed by atoms with Gasteiger partial charge in [-0.3, -0.25) is 10.1 Å². The molecule has 0 saturated carbocycles. The van der Waals surface area contributed by atoms with Crippen LogP contribution in [0.4, 0.5) is 5.69 Å². The summed E-state index contributed by atoms with van der Waals surface area (Å²) in [6.45, 7) is 2.16. The number of thiophene rings is 1. The van der Waals surface area contributed by atoms with Crippen molar-refractivity contribution in [2.24, 2.45) is 5.92 Å². The van der Waals surface area contributed by atoms with E-state index in [1.807, 2.05) is 12.1 Å². The molecule has 0 aliphatic heterocycles. The van der Waals surface area contributed by atoms with Crippen LogP contribution in [0.2, 0.25) is 0 Å². The highest BCUT2D eigenvalue weighted by atomic mass is 32.1. The number of nitrogens with zero attached hydrogens (tertiary/aromatic N) is 1. The molecule has 0 spiro atoms. The first kappa shape index (κ1) is 24.1. The maximum Gasteiger partial charge on any atom is 0.353 e. The van der Waals surface area contributed by atoms with Crippen molar-refractivity contribution in [3.63, 3.8) is 0 Å². The molecule has 0 bridgehead atoms. The summed E-state index contributed by atoms with van der Waals surface area (Å²) in [5, 5.41) is 30.6. The topological polar surface area (TPSA) is 101 Å². The largest absolute Gasteiger partial charge is 0.477 e. The number of aliphatic hydroxyl groups is 1. The monoisotopic (exact) mass is 457 g/mol. The first-order valence-electron chi connectivity index (χ1n) is 11.4. The molecule has 2 aromatic rings. The maximum atomic E-state index is 11.2. The maximum absolute atomic E-state index is 11.2. The molecule has 0 fully saturated rings. The summed E-state index contributed by atoms with van der Waals surface area (Å²) in [7, 11) is 0. The lowest BCUT2D eigenvalue weighted by atomic mass is 9.89. The number of aliphatic hydroxyl groups excluding tert-OH is 1. The molecule has 1 aliphatic rings. The van der Waals surface area contributed by atoms with Crippen LogP contribution in [0.1, 0.15) is 90.1 Å². The first-order valence-corrected chi connectivity index (χ1v) is 12.2. The van der Waals surface area contributed by atoms with Crippen molar-refractivity contribution < 1.29 is 19.9 Å². The summed E-state index contributed by atoms with van der Waals surface area (Å²) >= 11 is 1.01. The SMILES string of the molecule is CCCCCC(O)c1ccc(C2=CCC[C@@H]2CCCc2cc([N+](=O)[O-])c(C(=O)O)s2)cc1. The summed E-state index contributed by atoms with van der Waals surface area (Å²) in [5.74, 6) is -0.808. The lowest BCUT2D eigenvalue weighted by Gasteiger charge is -2.16. The van der Waals surface area contributed by atoms with Gasteiger partial charge >= 0.3 is 5.97 Å². The van der Waals surface area contributed by atoms with E-state index >= 15 is 0 Å². The van der Waals surface area contributed by atoms with E-state index in [0.29, 0.717) is 12.3 Å². The normalized spacial score (nSPS) is 16.7. The lowest BCUT2D eigenvalue weighted by molar-refractivity contribution is -0.384. The number of allylic oxidation sites excluding steroid dienone is 2. The average molecular weight is 458 g/mol. The van der Waals surface area contributed by atoms with Gasteiger partial charge in [-0.15, -0.1) is 11.3 Å². The van der Waals surface area contributed by atoms with Crippen LogP contribution >= 0.6 is 11.3 Å². The summed E-state index contributed by atoms with van der Waals surface area (Å²) in [6, 6.07) is 9.67. The molecule has 2 atom stereocenters. The van der Waals surface area contributed by atoms with Crippen LogP contribution in [0.3, 0.4) is 0 Å². The molecule has 0 saturated heterocycles. The number of aromatic carboxylic acids is 1. The molecule has 172 valence electrons. The van der Waals surface area contributed by atoms with E-state index in [1.54, 1.807) is 0 Å². The first-order chi connectivity index (χ1) is 15.4. The van der Waals surface area contributed by atoms with Crippen LogP contribution in [-0.2, 0) is 6.42 Å².